The molecule has 1 aromatic carbocycles. The molecule has 0 aliphatic carbocycles. The van der Waals surface area contributed by atoms with Crippen molar-refractivity contribution < 1.29 is 4.74 Å². The highest BCUT2D eigenvalue weighted by molar-refractivity contribution is 5.47. The zero-order valence-electron chi connectivity index (χ0n) is 12.0. The Kier molecular flexibility index (Phi) is 3.70. The summed E-state index contributed by atoms with van der Waals surface area (Å²) in [5, 5.41) is 3.39. The van der Waals surface area contributed by atoms with Crippen molar-refractivity contribution in [3.8, 4) is 5.75 Å². The molecule has 2 heterocycles. The summed E-state index contributed by atoms with van der Waals surface area (Å²) in [7, 11) is 1.98. The third kappa shape index (κ3) is 2.41. The predicted octanol–water partition coefficient (Wildman–Crippen LogP) is 3.02. The summed E-state index contributed by atoms with van der Waals surface area (Å²) in [6.45, 7) is 2.88. The molecule has 1 aliphatic heterocycles. The number of fused-ring (bicyclic) bond motifs is 1. The van der Waals surface area contributed by atoms with E-state index in [9.17, 15) is 0 Å². The Morgan fingerprint density at radius 3 is 3.00 bits per heavy atom. The highest BCUT2D eigenvalue weighted by Gasteiger charge is 2.21. The Morgan fingerprint density at radius 2 is 2.20 bits per heavy atom. The Hall–Kier alpha value is -1.87. The van der Waals surface area contributed by atoms with Crippen molar-refractivity contribution in [2.75, 3.05) is 13.7 Å². The number of nitrogens with zero attached hydrogens (tertiary/aromatic N) is 1. The quantitative estimate of drug-likeness (QED) is 0.929. The molecule has 1 aliphatic rings. The van der Waals surface area contributed by atoms with E-state index in [0.29, 0.717) is 0 Å². The van der Waals surface area contributed by atoms with Gasteiger partial charge in [-0.25, -0.2) is 0 Å². The van der Waals surface area contributed by atoms with E-state index in [1.165, 1.54) is 22.3 Å². The van der Waals surface area contributed by atoms with Gasteiger partial charge in [0.25, 0.3) is 0 Å². The van der Waals surface area contributed by atoms with E-state index in [1.54, 1.807) is 0 Å². The number of aryl methyl sites for hydroxylation is 2. The van der Waals surface area contributed by atoms with Crippen molar-refractivity contribution in [2.45, 2.75) is 25.8 Å². The normalized spacial score (nSPS) is 15.3. The van der Waals surface area contributed by atoms with E-state index in [0.717, 1.165) is 25.2 Å². The molecule has 1 N–H and O–H groups in total. The minimum absolute atomic E-state index is 0.121. The number of rotatable bonds is 3. The molecule has 3 heteroatoms. The van der Waals surface area contributed by atoms with E-state index in [4.69, 9.17) is 4.74 Å². The molecule has 0 spiro atoms. The summed E-state index contributed by atoms with van der Waals surface area (Å²) in [6.07, 6.45) is 6.02. The number of hydrogen-bond donors (Lipinski definition) is 1. The van der Waals surface area contributed by atoms with Gasteiger partial charge in [-0.05, 0) is 43.5 Å². The Labute approximate surface area is 120 Å². The first-order chi connectivity index (χ1) is 9.79. The molecule has 3 rings (SSSR count). The molecule has 0 saturated carbocycles. The maximum atomic E-state index is 5.93. The second-order valence-corrected chi connectivity index (χ2v) is 5.30. The second-order valence-electron chi connectivity index (χ2n) is 5.30. The highest BCUT2D eigenvalue weighted by Crippen LogP contribution is 2.35. The van der Waals surface area contributed by atoms with Gasteiger partial charge in [-0.15, -0.1) is 0 Å². The lowest BCUT2D eigenvalue weighted by Gasteiger charge is -2.25. The zero-order valence-corrected chi connectivity index (χ0v) is 12.0. The average Bonchev–Trinajstić information content (AvgIpc) is 2.48. The number of benzene rings is 1. The lowest BCUT2D eigenvalue weighted by molar-refractivity contribution is 0.283. The standard InChI is InChI=1S/C17H20N2O/c1-12-9-14(11-19-10-12)16(18-2)15-7-3-5-13-6-4-8-20-17(13)15/h3,5,7,9-11,16,18H,4,6,8H2,1-2H3. The number of ether oxygens (including phenoxy) is 1. The largest absolute Gasteiger partial charge is 0.493 e. The van der Waals surface area contributed by atoms with Gasteiger partial charge in [0.1, 0.15) is 5.75 Å². The highest BCUT2D eigenvalue weighted by atomic mass is 16.5. The van der Waals surface area contributed by atoms with Gasteiger partial charge >= 0.3 is 0 Å². The number of aromatic nitrogens is 1. The third-order valence-corrected chi connectivity index (χ3v) is 3.79. The minimum atomic E-state index is 0.121. The van der Waals surface area contributed by atoms with Crippen LogP contribution in [-0.4, -0.2) is 18.6 Å². The molecular weight excluding hydrogens is 248 g/mol. The van der Waals surface area contributed by atoms with Crippen LogP contribution in [0.25, 0.3) is 0 Å². The molecule has 0 bridgehead atoms. The minimum Gasteiger partial charge on any atom is -0.493 e. The van der Waals surface area contributed by atoms with Crippen molar-refractivity contribution in [3.63, 3.8) is 0 Å². The van der Waals surface area contributed by atoms with Crippen LogP contribution in [0.3, 0.4) is 0 Å². The summed E-state index contributed by atoms with van der Waals surface area (Å²) < 4.78 is 5.93. The summed E-state index contributed by atoms with van der Waals surface area (Å²) in [4.78, 5) is 4.31. The lowest BCUT2D eigenvalue weighted by atomic mass is 9.94. The monoisotopic (exact) mass is 268 g/mol. The fourth-order valence-corrected chi connectivity index (χ4v) is 2.88. The number of hydrogen-bond acceptors (Lipinski definition) is 3. The van der Waals surface area contributed by atoms with Crippen LogP contribution in [0.2, 0.25) is 0 Å². The summed E-state index contributed by atoms with van der Waals surface area (Å²) in [6, 6.07) is 8.73. The molecule has 0 amide bonds. The van der Waals surface area contributed by atoms with Crippen molar-refractivity contribution in [2.24, 2.45) is 0 Å². The first kappa shape index (κ1) is 13.1. The van der Waals surface area contributed by atoms with E-state index >= 15 is 0 Å². The van der Waals surface area contributed by atoms with Crippen LogP contribution in [0, 0.1) is 6.92 Å². The SMILES string of the molecule is CNC(c1cncc(C)c1)c1cccc2c1OCCC2. The lowest BCUT2D eigenvalue weighted by Crippen LogP contribution is -2.21. The maximum absolute atomic E-state index is 5.93. The van der Waals surface area contributed by atoms with E-state index in [1.807, 2.05) is 19.4 Å². The molecule has 104 valence electrons. The van der Waals surface area contributed by atoms with Crippen LogP contribution in [0.1, 0.15) is 34.7 Å². The third-order valence-electron chi connectivity index (χ3n) is 3.79. The topological polar surface area (TPSA) is 34.2 Å². The zero-order chi connectivity index (χ0) is 13.9. The van der Waals surface area contributed by atoms with Gasteiger partial charge in [-0.2, -0.15) is 0 Å². The molecule has 0 radical (unpaired) electrons. The molecule has 20 heavy (non-hydrogen) atoms. The van der Waals surface area contributed by atoms with Gasteiger partial charge in [-0.1, -0.05) is 24.3 Å². The van der Waals surface area contributed by atoms with Crippen LogP contribution in [0.15, 0.2) is 36.7 Å². The molecule has 1 aromatic heterocycles. The van der Waals surface area contributed by atoms with Gasteiger partial charge in [0.15, 0.2) is 0 Å². The van der Waals surface area contributed by atoms with E-state index in [-0.39, 0.29) is 6.04 Å². The van der Waals surface area contributed by atoms with Crippen molar-refractivity contribution in [3.05, 3.63) is 58.9 Å². The Bertz CT molecular complexity index is 610. The van der Waals surface area contributed by atoms with Crippen molar-refractivity contribution >= 4 is 0 Å². The van der Waals surface area contributed by atoms with E-state index < -0.39 is 0 Å². The number of nitrogens with one attached hydrogen (secondary N) is 1. The van der Waals surface area contributed by atoms with Crippen molar-refractivity contribution in [1.82, 2.24) is 10.3 Å². The molecule has 0 saturated heterocycles. The second kappa shape index (κ2) is 5.63. The first-order valence-corrected chi connectivity index (χ1v) is 7.13. The summed E-state index contributed by atoms with van der Waals surface area (Å²) in [5.74, 6) is 1.06. The smallest absolute Gasteiger partial charge is 0.127 e. The molecule has 1 unspecified atom stereocenters. The molecule has 1 atom stereocenters. The fourth-order valence-electron chi connectivity index (χ4n) is 2.88. The summed E-state index contributed by atoms with van der Waals surface area (Å²) >= 11 is 0. The first-order valence-electron chi connectivity index (χ1n) is 7.13. The van der Waals surface area contributed by atoms with Crippen LogP contribution >= 0.6 is 0 Å². The maximum Gasteiger partial charge on any atom is 0.127 e. The van der Waals surface area contributed by atoms with Gasteiger partial charge in [0, 0.05) is 18.0 Å². The molecule has 0 fully saturated rings. The number of pyridine rings is 1. The summed E-state index contributed by atoms with van der Waals surface area (Å²) in [5.41, 5.74) is 4.87. The van der Waals surface area contributed by atoms with E-state index in [2.05, 4.69) is 41.5 Å². The average molecular weight is 268 g/mol. The van der Waals surface area contributed by atoms with Crippen LogP contribution in [0.4, 0.5) is 0 Å². The molecule has 2 aromatic rings. The van der Waals surface area contributed by atoms with Crippen LogP contribution in [0.5, 0.6) is 5.75 Å². The Balaban J connectivity index is 2.06. The van der Waals surface area contributed by atoms with Gasteiger partial charge < -0.3 is 10.1 Å². The van der Waals surface area contributed by atoms with Gasteiger partial charge in [-0.3, -0.25) is 4.98 Å². The van der Waals surface area contributed by atoms with Crippen molar-refractivity contribution in [1.29, 1.82) is 0 Å². The molecule has 3 nitrogen and oxygen atoms in total. The van der Waals surface area contributed by atoms with Gasteiger partial charge in [0.2, 0.25) is 0 Å². The van der Waals surface area contributed by atoms with Crippen LogP contribution in [-0.2, 0) is 6.42 Å². The molecular formula is C17H20N2O. The van der Waals surface area contributed by atoms with Crippen LogP contribution < -0.4 is 10.1 Å². The Morgan fingerprint density at radius 1 is 1.30 bits per heavy atom. The van der Waals surface area contributed by atoms with Gasteiger partial charge in [0.05, 0.1) is 12.6 Å². The number of para-hydroxylation sites is 1. The fraction of sp³-hybridized carbons (Fsp3) is 0.353. The predicted molar refractivity (Wildman–Crippen MR) is 80.1 cm³/mol.